The van der Waals surface area contributed by atoms with Gasteiger partial charge in [0, 0.05) is 43.8 Å². The lowest BCUT2D eigenvalue weighted by molar-refractivity contribution is 0.100. The van der Waals surface area contributed by atoms with Gasteiger partial charge in [0.15, 0.2) is 0 Å². The normalized spacial score (nSPS) is 14.7. The molecule has 2 heterocycles. The summed E-state index contributed by atoms with van der Waals surface area (Å²) in [6.07, 6.45) is 1.41. The Morgan fingerprint density at radius 2 is 1.93 bits per heavy atom. The topological polar surface area (TPSA) is 83.7 Å². The maximum atomic E-state index is 14.3. The maximum absolute atomic E-state index is 14.3. The standard InChI is InChI=1S/C22H24FN5O2/c1-27-7-9-28(10-8-27)19-11-14-18(12-20(19)30-2)25-13-15(22(24)29)21(14)26-17-6-4-3-5-16(17)23/h3-6,11-13H,7-10H2,1-2H3,(H2,24,29)(H,25,26). The summed E-state index contributed by atoms with van der Waals surface area (Å²) in [7, 11) is 3.71. The molecule has 2 aromatic carbocycles. The first kappa shape index (κ1) is 19.9. The van der Waals surface area contributed by atoms with Crippen LogP contribution >= 0.6 is 0 Å². The molecule has 1 amide bonds. The molecule has 0 saturated carbocycles. The van der Waals surface area contributed by atoms with Crippen molar-refractivity contribution < 1.29 is 13.9 Å². The Morgan fingerprint density at radius 1 is 1.20 bits per heavy atom. The second-order valence-corrected chi connectivity index (χ2v) is 7.35. The number of amides is 1. The molecule has 0 radical (unpaired) electrons. The zero-order valence-corrected chi connectivity index (χ0v) is 17.0. The van der Waals surface area contributed by atoms with E-state index in [-0.39, 0.29) is 11.3 Å². The number of rotatable bonds is 5. The van der Waals surface area contributed by atoms with Crippen LogP contribution in [0, 0.1) is 5.82 Å². The molecule has 0 aliphatic carbocycles. The fourth-order valence-corrected chi connectivity index (χ4v) is 3.69. The largest absolute Gasteiger partial charge is 0.495 e. The van der Waals surface area contributed by atoms with Crippen molar-refractivity contribution >= 4 is 33.9 Å². The molecule has 1 aliphatic heterocycles. The van der Waals surface area contributed by atoms with Gasteiger partial charge in [-0.05, 0) is 25.2 Å². The van der Waals surface area contributed by atoms with Crippen LogP contribution in [-0.4, -0.2) is 56.1 Å². The highest BCUT2D eigenvalue weighted by Gasteiger charge is 2.21. The summed E-state index contributed by atoms with van der Waals surface area (Å²) in [5.74, 6) is -0.367. The van der Waals surface area contributed by atoms with Gasteiger partial charge >= 0.3 is 0 Å². The van der Waals surface area contributed by atoms with Crippen LogP contribution in [0.25, 0.3) is 10.9 Å². The van der Waals surface area contributed by atoms with Gasteiger partial charge in [0.05, 0.1) is 35.3 Å². The third-order valence-electron chi connectivity index (χ3n) is 5.41. The molecule has 1 fully saturated rings. The summed E-state index contributed by atoms with van der Waals surface area (Å²) < 4.78 is 19.9. The quantitative estimate of drug-likeness (QED) is 0.674. The number of halogens is 1. The van der Waals surface area contributed by atoms with Crippen LogP contribution in [0.4, 0.5) is 21.5 Å². The monoisotopic (exact) mass is 409 g/mol. The fraction of sp³-hybridized carbons (Fsp3) is 0.273. The van der Waals surface area contributed by atoms with Gasteiger partial charge < -0.3 is 25.6 Å². The van der Waals surface area contributed by atoms with Crippen molar-refractivity contribution in [3.05, 3.63) is 54.0 Å². The molecule has 3 aromatic rings. The van der Waals surface area contributed by atoms with Gasteiger partial charge in [-0.15, -0.1) is 0 Å². The van der Waals surface area contributed by atoms with E-state index >= 15 is 0 Å². The Bertz CT molecular complexity index is 1100. The smallest absolute Gasteiger partial charge is 0.252 e. The van der Waals surface area contributed by atoms with Crippen molar-refractivity contribution in [2.24, 2.45) is 5.73 Å². The van der Waals surface area contributed by atoms with E-state index in [0.29, 0.717) is 22.3 Å². The molecular formula is C22H24FN5O2. The van der Waals surface area contributed by atoms with Gasteiger partial charge in [-0.3, -0.25) is 9.78 Å². The molecule has 3 N–H and O–H groups in total. The van der Waals surface area contributed by atoms with Gasteiger partial charge in [-0.25, -0.2) is 4.39 Å². The van der Waals surface area contributed by atoms with Gasteiger partial charge in [0.1, 0.15) is 11.6 Å². The molecule has 8 heteroatoms. The molecule has 0 unspecified atom stereocenters. The second kappa shape index (κ2) is 8.16. The number of nitrogens with one attached hydrogen (secondary N) is 1. The number of hydrogen-bond donors (Lipinski definition) is 2. The molecule has 1 saturated heterocycles. The predicted octanol–water partition coefficient (Wildman–Crippen LogP) is 2.98. The average Bonchev–Trinajstić information content (AvgIpc) is 2.75. The van der Waals surface area contributed by atoms with Gasteiger partial charge in [-0.2, -0.15) is 0 Å². The number of para-hydroxylation sites is 1. The van der Waals surface area contributed by atoms with E-state index in [0.717, 1.165) is 31.9 Å². The third kappa shape index (κ3) is 3.73. The minimum Gasteiger partial charge on any atom is -0.495 e. The first-order valence-corrected chi connectivity index (χ1v) is 9.73. The molecular weight excluding hydrogens is 385 g/mol. The van der Waals surface area contributed by atoms with Crippen molar-refractivity contribution in [3.63, 3.8) is 0 Å². The van der Waals surface area contributed by atoms with Gasteiger partial charge in [-0.1, -0.05) is 12.1 Å². The number of ether oxygens (including phenoxy) is 1. The lowest BCUT2D eigenvalue weighted by Crippen LogP contribution is -2.44. The first-order chi connectivity index (χ1) is 14.5. The number of nitrogens with zero attached hydrogens (tertiary/aromatic N) is 3. The fourth-order valence-electron chi connectivity index (χ4n) is 3.69. The van der Waals surface area contributed by atoms with E-state index in [9.17, 15) is 9.18 Å². The molecule has 4 rings (SSSR count). The van der Waals surface area contributed by atoms with E-state index in [1.807, 2.05) is 12.1 Å². The molecule has 0 bridgehead atoms. The minimum absolute atomic E-state index is 0.195. The number of carbonyl (C=O) groups is 1. The van der Waals surface area contributed by atoms with E-state index in [2.05, 4.69) is 27.1 Å². The zero-order chi connectivity index (χ0) is 21.3. The molecule has 7 nitrogen and oxygen atoms in total. The number of fused-ring (bicyclic) bond motifs is 1. The molecule has 0 atom stereocenters. The Labute approximate surface area is 174 Å². The van der Waals surface area contributed by atoms with Gasteiger partial charge in [0.25, 0.3) is 5.91 Å². The predicted molar refractivity (Wildman–Crippen MR) is 116 cm³/mol. The molecule has 0 spiro atoms. The van der Waals surface area contributed by atoms with Crippen LogP contribution in [0.15, 0.2) is 42.6 Å². The number of carbonyl (C=O) groups excluding carboxylic acids is 1. The van der Waals surface area contributed by atoms with Crippen molar-refractivity contribution in [1.82, 2.24) is 9.88 Å². The summed E-state index contributed by atoms with van der Waals surface area (Å²) >= 11 is 0. The number of anilines is 3. The van der Waals surface area contributed by atoms with Crippen molar-refractivity contribution in [1.29, 1.82) is 0 Å². The van der Waals surface area contributed by atoms with Crippen LogP contribution in [0.1, 0.15) is 10.4 Å². The lowest BCUT2D eigenvalue weighted by atomic mass is 10.1. The summed E-state index contributed by atoms with van der Waals surface area (Å²) in [4.78, 5) is 21.0. The number of likely N-dealkylation sites (N-methyl/N-ethyl adjacent to an activating group) is 1. The van der Waals surface area contributed by atoms with Crippen LogP contribution in [0.5, 0.6) is 5.75 Å². The van der Waals surface area contributed by atoms with Crippen molar-refractivity contribution in [2.45, 2.75) is 0 Å². The lowest BCUT2D eigenvalue weighted by Gasteiger charge is -2.35. The first-order valence-electron chi connectivity index (χ1n) is 9.73. The number of methoxy groups -OCH3 is 1. The summed E-state index contributed by atoms with van der Waals surface area (Å²) in [5, 5.41) is 3.73. The number of pyridine rings is 1. The SMILES string of the molecule is COc1cc2ncc(C(N)=O)c(Nc3ccccc3F)c2cc1N1CCN(C)CC1. The van der Waals surface area contributed by atoms with E-state index in [1.165, 1.54) is 12.3 Å². The summed E-state index contributed by atoms with van der Waals surface area (Å²) in [5.41, 5.74) is 7.99. The number of nitrogens with two attached hydrogens (primary N) is 1. The van der Waals surface area contributed by atoms with Crippen LogP contribution in [-0.2, 0) is 0 Å². The highest BCUT2D eigenvalue weighted by molar-refractivity contribution is 6.08. The molecule has 30 heavy (non-hydrogen) atoms. The number of benzene rings is 2. The summed E-state index contributed by atoms with van der Waals surface area (Å²) in [6, 6.07) is 10.1. The third-order valence-corrected chi connectivity index (χ3v) is 5.41. The Morgan fingerprint density at radius 3 is 2.60 bits per heavy atom. The van der Waals surface area contributed by atoms with Crippen molar-refractivity contribution in [2.75, 3.05) is 50.6 Å². The number of primary amides is 1. The van der Waals surface area contributed by atoms with Crippen molar-refractivity contribution in [3.8, 4) is 5.75 Å². The highest BCUT2D eigenvalue weighted by Crippen LogP contribution is 2.38. The Kier molecular flexibility index (Phi) is 5.41. The number of hydrogen-bond acceptors (Lipinski definition) is 6. The zero-order valence-electron chi connectivity index (χ0n) is 17.0. The van der Waals surface area contributed by atoms with Gasteiger partial charge in [0.2, 0.25) is 0 Å². The van der Waals surface area contributed by atoms with E-state index in [4.69, 9.17) is 10.5 Å². The maximum Gasteiger partial charge on any atom is 0.252 e. The number of piperazine rings is 1. The Hall–Kier alpha value is -3.39. The Balaban J connectivity index is 1.89. The molecule has 1 aliphatic rings. The second-order valence-electron chi connectivity index (χ2n) is 7.35. The van der Waals surface area contributed by atoms with Crippen LogP contribution in [0.2, 0.25) is 0 Å². The number of aromatic nitrogens is 1. The highest BCUT2D eigenvalue weighted by atomic mass is 19.1. The average molecular weight is 409 g/mol. The van der Waals surface area contributed by atoms with Crippen LogP contribution in [0.3, 0.4) is 0 Å². The van der Waals surface area contributed by atoms with Crippen LogP contribution < -0.4 is 20.7 Å². The minimum atomic E-state index is -0.639. The molecule has 156 valence electrons. The van der Waals surface area contributed by atoms with E-state index in [1.54, 1.807) is 25.3 Å². The molecule has 1 aromatic heterocycles. The van der Waals surface area contributed by atoms with E-state index < -0.39 is 11.7 Å². The summed E-state index contributed by atoms with van der Waals surface area (Å²) in [6.45, 7) is 3.55.